The Morgan fingerprint density at radius 3 is 2.45 bits per heavy atom. The van der Waals surface area contributed by atoms with Gasteiger partial charge in [0.2, 0.25) is 0 Å². The fraction of sp³-hybridized carbons (Fsp3) is 0.467. The first kappa shape index (κ1) is 16.0. The molecule has 5 heteroatoms. The van der Waals surface area contributed by atoms with E-state index in [0.29, 0.717) is 11.3 Å². The summed E-state index contributed by atoms with van der Waals surface area (Å²) in [6.45, 7) is 5.98. The van der Waals surface area contributed by atoms with E-state index in [4.69, 9.17) is 4.74 Å². The quantitative estimate of drug-likeness (QED) is 0.839. The van der Waals surface area contributed by atoms with Crippen LogP contribution in [0.3, 0.4) is 0 Å². The van der Waals surface area contributed by atoms with Crippen LogP contribution in [0, 0.1) is 0 Å². The van der Waals surface area contributed by atoms with Gasteiger partial charge < -0.3 is 14.8 Å². The average Bonchev–Trinajstić information content (AvgIpc) is 2.37. The van der Waals surface area contributed by atoms with Crippen molar-refractivity contribution in [3.63, 3.8) is 0 Å². The van der Waals surface area contributed by atoms with E-state index in [-0.39, 0.29) is 30.4 Å². The van der Waals surface area contributed by atoms with Crippen molar-refractivity contribution in [3.05, 3.63) is 29.8 Å². The largest absolute Gasteiger partial charge is 0.487 e. The van der Waals surface area contributed by atoms with E-state index in [9.17, 15) is 9.59 Å². The molecule has 0 atom stereocenters. The smallest absolute Gasteiger partial charge is 0.307 e. The van der Waals surface area contributed by atoms with Crippen molar-refractivity contribution in [3.8, 4) is 5.75 Å². The second kappa shape index (κ2) is 6.93. The van der Waals surface area contributed by atoms with Gasteiger partial charge in [-0.15, -0.1) is 0 Å². The highest BCUT2D eigenvalue weighted by atomic mass is 16.5. The van der Waals surface area contributed by atoms with Crippen molar-refractivity contribution in [1.29, 1.82) is 0 Å². The number of carbonyl (C=O) groups is 2. The second-order valence-corrected chi connectivity index (χ2v) is 5.29. The van der Waals surface area contributed by atoms with Crippen LogP contribution < -0.4 is 10.1 Å². The molecule has 1 rings (SSSR count). The van der Waals surface area contributed by atoms with Crippen molar-refractivity contribution in [2.75, 3.05) is 13.7 Å². The molecule has 0 aromatic heterocycles. The van der Waals surface area contributed by atoms with Gasteiger partial charge in [-0.1, -0.05) is 12.1 Å². The third-order valence-corrected chi connectivity index (χ3v) is 2.39. The molecule has 1 aromatic carbocycles. The Labute approximate surface area is 119 Å². The van der Waals surface area contributed by atoms with Crippen LogP contribution in [-0.2, 0) is 9.53 Å². The summed E-state index contributed by atoms with van der Waals surface area (Å²) < 4.78 is 10.3. The molecular formula is C15H21NO4. The van der Waals surface area contributed by atoms with Crippen molar-refractivity contribution in [2.24, 2.45) is 0 Å². The molecule has 0 heterocycles. The van der Waals surface area contributed by atoms with E-state index in [2.05, 4.69) is 10.1 Å². The second-order valence-electron chi connectivity index (χ2n) is 5.29. The molecule has 5 nitrogen and oxygen atoms in total. The summed E-state index contributed by atoms with van der Waals surface area (Å²) in [6, 6.07) is 7.02. The minimum absolute atomic E-state index is 0.143. The Bertz CT molecular complexity index is 477. The van der Waals surface area contributed by atoms with E-state index >= 15 is 0 Å². The number of amides is 1. The number of nitrogens with one attached hydrogen (secondary N) is 1. The first-order valence-corrected chi connectivity index (χ1v) is 6.46. The van der Waals surface area contributed by atoms with Gasteiger partial charge in [0.25, 0.3) is 5.91 Å². The Balaban J connectivity index is 2.70. The number of esters is 1. The van der Waals surface area contributed by atoms with Crippen LogP contribution in [0.4, 0.5) is 0 Å². The first-order chi connectivity index (χ1) is 9.33. The SMILES string of the molecule is COC(=O)CCNC(=O)c1ccccc1OC(C)(C)C. The molecule has 0 radical (unpaired) electrons. The van der Waals surface area contributed by atoms with Gasteiger partial charge in [0.1, 0.15) is 11.4 Å². The Kier molecular flexibility index (Phi) is 5.55. The van der Waals surface area contributed by atoms with Crippen LogP contribution in [0.25, 0.3) is 0 Å². The lowest BCUT2D eigenvalue weighted by molar-refractivity contribution is -0.140. The predicted octanol–water partition coefficient (Wildman–Crippen LogP) is 2.16. The number of benzene rings is 1. The van der Waals surface area contributed by atoms with Gasteiger partial charge >= 0.3 is 5.97 Å². The van der Waals surface area contributed by atoms with Gasteiger partial charge in [0.05, 0.1) is 19.1 Å². The zero-order valence-corrected chi connectivity index (χ0v) is 12.4. The fourth-order valence-electron chi connectivity index (χ4n) is 1.55. The molecule has 0 spiro atoms. The van der Waals surface area contributed by atoms with Crippen LogP contribution in [0.5, 0.6) is 5.75 Å². The maximum absolute atomic E-state index is 12.1. The third-order valence-electron chi connectivity index (χ3n) is 2.39. The highest BCUT2D eigenvalue weighted by Crippen LogP contribution is 2.22. The standard InChI is InChI=1S/C15H21NO4/c1-15(2,3)20-12-8-6-5-7-11(12)14(18)16-10-9-13(17)19-4/h5-8H,9-10H2,1-4H3,(H,16,18). The first-order valence-electron chi connectivity index (χ1n) is 6.46. The molecule has 0 bridgehead atoms. The molecule has 20 heavy (non-hydrogen) atoms. The van der Waals surface area contributed by atoms with Crippen molar-refractivity contribution >= 4 is 11.9 Å². The maximum Gasteiger partial charge on any atom is 0.307 e. The molecule has 0 unspecified atom stereocenters. The summed E-state index contributed by atoms with van der Waals surface area (Å²) in [7, 11) is 1.32. The monoisotopic (exact) mass is 279 g/mol. The lowest BCUT2D eigenvalue weighted by Gasteiger charge is -2.22. The van der Waals surface area contributed by atoms with Crippen LogP contribution in [0.15, 0.2) is 24.3 Å². The Morgan fingerprint density at radius 1 is 1.20 bits per heavy atom. The number of carbonyl (C=O) groups excluding carboxylic acids is 2. The van der Waals surface area contributed by atoms with Gasteiger partial charge in [0.15, 0.2) is 0 Å². The van der Waals surface area contributed by atoms with E-state index in [0.717, 1.165) is 0 Å². The summed E-state index contributed by atoms with van der Waals surface area (Å²) in [4.78, 5) is 23.1. The highest BCUT2D eigenvalue weighted by Gasteiger charge is 2.17. The third kappa shape index (κ3) is 5.30. The van der Waals surface area contributed by atoms with E-state index < -0.39 is 0 Å². The number of rotatable bonds is 5. The normalized spacial score (nSPS) is 10.8. The lowest BCUT2D eigenvalue weighted by Crippen LogP contribution is -2.29. The summed E-state index contributed by atoms with van der Waals surface area (Å²) in [5.74, 6) is -0.103. The average molecular weight is 279 g/mol. The predicted molar refractivity (Wildman–Crippen MR) is 75.8 cm³/mol. The molecule has 0 aliphatic heterocycles. The summed E-state index contributed by atoms with van der Waals surface area (Å²) in [5, 5.41) is 2.67. The molecular weight excluding hydrogens is 258 g/mol. The number of para-hydroxylation sites is 1. The molecule has 0 fully saturated rings. The molecule has 110 valence electrons. The highest BCUT2D eigenvalue weighted by molar-refractivity contribution is 5.97. The van der Waals surface area contributed by atoms with Gasteiger partial charge in [-0.25, -0.2) is 0 Å². The van der Waals surface area contributed by atoms with E-state index in [1.807, 2.05) is 26.8 Å². The fourth-order valence-corrected chi connectivity index (χ4v) is 1.55. The van der Waals surface area contributed by atoms with Gasteiger partial charge in [-0.2, -0.15) is 0 Å². The number of methoxy groups -OCH3 is 1. The summed E-state index contributed by atoms with van der Waals surface area (Å²) in [5.41, 5.74) is 0.0647. The van der Waals surface area contributed by atoms with Crippen molar-refractivity contribution in [1.82, 2.24) is 5.32 Å². The number of hydrogen-bond acceptors (Lipinski definition) is 4. The molecule has 0 aliphatic carbocycles. The maximum atomic E-state index is 12.1. The van der Waals surface area contributed by atoms with Gasteiger partial charge in [0, 0.05) is 6.54 Å². The van der Waals surface area contributed by atoms with E-state index in [1.165, 1.54) is 7.11 Å². The number of hydrogen-bond donors (Lipinski definition) is 1. The van der Waals surface area contributed by atoms with E-state index in [1.54, 1.807) is 18.2 Å². The Morgan fingerprint density at radius 2 is 1.85 bits per heavy atom. The minimum Gasteiger partial charge on any atom is -0.487 e. The topological polar surface area (TPSA) is 64.6 Å². The zero-order valence-electron chi connectivity index (χ0n) is 12.4. The Hall–Kier alpha value is -2.04. The van der Waals surface area contributed by atoms with Gasteiger partial charge in [-0.05, 0) is 32.9 Å². The zero-order chi connectivity index (χ0) is 15.2. The molecule has 0 aliphatic rings. The molecule has 0 saturated heterocycles. The van der Waals surface area contributed by atoms with Crippen molar-refractivity contribution in [2.45, 2.75) is 32.8 Å². The molecule has 1 amide bonds. The number of ether oxygens (including phenoxy) is 2. The molecule has 1 aromatic rings. The summed E-state index contributed by atoms with van der Waals surface area (Å²) >= 11 is 0. The molecule has 1 N–H and O–H groups in total. The van der Waals surface area contributed by atoms with Gasteiger partial charge in [-0.3, -0.25) is 9.59 Å². The lowest BCUT2D eigenvalue weighted by atomic mass is 10.1. The van der Waals surface area contributed by atoms with Crippen LogP contribution in [-0.4, -0.2) is 31.1 Å². The minimum atomic E-state index is -0.387. The van der Waals surface area contributed by atoms with Crippen LogP contribution in [0.2, 0.25) is 0 Å². The van der Waals surface area contributed by atoms with Crippen molar-refractivity contribution < 1.29 is 19.1 Å². The van der Waals surface area contributed by atoms with Crippen LogP contribution in [0.1, 0.15) is 37.6 Å². The van der Waals surface area contributed by atoms with Crippen LogP contribution >= 0.6 is 0 Å². The summed E-state index contributed by atoms with van der Waals surface area (Å²) in [6.07, 6.45) is 0.143. The molecule has 0 saturated carbocycles.